The molecule has 0 radical (unpaired) electrons. The second-order valence-electron chi connectivity index (χ2n) is 5.00. The van der Waals surface area contributed by atoms with Gasteiger partial charge in [-0.2, -0.15) is 0 Å². The van der Waals surface area contributed by atoms with Gasteiger partial charge in [0.2, 0.25) is 0 Å². The molecule has 0 aliphatic rings. The van der Waals surface area contributed by atoms with E-state index in [9.17, 15) is 0 Å². The highest BCUT2D eigenvalue weighted by atomic mass is 32.2. The van der Waals surface area contributed by atoms with Crippen LogP contribution in [0.4, 0.5) is 0 Å². The first-order chi connectivity index (χ1) is 10.2. The number of aryl methyl sites for hydroxylation is 2. The molecule has 4 heteroatoms. The smallest absolute Gasteiger partial charge is 0.104 e. The van der Waals surface area contributed by atoms with Crippen molar-refractivity contribution in [1.29, 1.82) is 0 Å². The molecule has 0 aliphatic carbocycles. The minimum Gasteiger partial charge on any atom is -0.383 e. The Balaban J connectivity index is 2.01. The lowest BCUT2D eigenvalue weighted by Crippen LogP contribution is -2.18. The van der Waals surface area contributed by atoms with E-state index in [1.807, 2.05) is 6.20 Å². The van der Waals surface area contributed by atoms with E-state index >= 15 is 0 Å². The molecule has 1 aromatic heterocycles. The monoisotopic (exact) mass is 302 g/mol. The van der Waals surface area contributed by atoms with Crippen LogP contribution in [0.3, 0.4) is 0 Å². The van der Waals surface area contributed by atoms with Crippen LogP contribution in [0.2, 0.25) is 0 Å². The third kappa shape index (κ3) is 4.84. The first-order valence-corrected chi connectivity index (χ1v) is 7.91. The first-order valence-electron chi connectivity index (χ1n) is 7.09. The highest BCUT2D eigenvalue weighted by Crippen LogP contribution is 2.30. The number of hydrogen-bond acceptors (Lipinski definition) is 4. The Morgan fingerprint density at radius 1 is 1.19 bits per heavy atom. The predicted molar refractivity (Wildman–Crippen MR) is 87.9 cm³/mol. The Morgan fingerprint density at radius 3 is 2.71 bits per heavy atom. The van der Waals surface area contributed by atoms with Crippen molar-refractivity contribution in [2.24, 2.45) is 0 Å². The fraction of sp³-hybridized carbons (Fsp3) is 0.353. The van der Waals surface area contributed by atoms with E-state index in [0.29, 0.717) is 0 Å². The van der Waals surface area contributed by atoms with Crippen molar-refractivity contribution in [2.45, 2.75) is 30.3 Å². The summed E-state index contributed by atoms with van der Waals surface area (Å²) in [5.74, 6) is 0. The predicted octanol–water partition coefficient (Wildman–Crippen LogP) is 3.59. The largest absolute Gasteiger partial charge is 0.383 e. The Morgan fingerprint density at radius 2 is 2.00 bits per heavy atom. The van der Waals surface area contributed by atoms with Gasteiger partial charge in [0.1, 0.15) is 5.03 Å². The quantitative estimate of drug-likeness (QED) is 0.793. The summed E-state index contributed by atoms with van der Waals surface area (Å²) < 4.78 is 5.02. The van der Waals surface area contributed by atoms with Crippen LogP contribution in [0.1, 0.15) is 16.7 Å². The third-order valence-electron chi connectivity index (χ3n) is 3.20. The number of methoxy groups -OCH3 is 1. The zero-order valence-corrected chi connectivity index (χ0v) is 13.7. The molecule has 112 valence electrons. The van der Waals surface area contributed by atoms with Crippen molar-refractivity contribution >= 4 is 11.8 Å². The van der Waals surface area contributed by atoms with Crippen LogP contribution in [0, 0.1) is 13.8 Å². The van der Waals surface area contributed by atoms with Crippen LogP contribution in [0.5, 0.6) is 0 Å². The van der Waals surface area contributed by atoms with Crippen LogP contribution in [0.15, 0.2) is 46.5 Å². The van der Waals surface area contributed by atoms with Gasteiger partial charge in [-0.05, 0) is 36.6 Å². The van der Waals surface area contributed by atoms with E-state index in [0.717, 1.165) is 24.7 Å². The number of ether oxygens (including phenoxy) is 1. The number of benzene rings is 1. The highest BCUT2D eigenvalue weighted by Gasteiger charge is 2.06. The molecule has 0 amide bonds. The van der Waals surface area contributed by atoms with Crippen molar-refractivity contribution in [1.82, 2.24) is 10.3 Å². The lowest BCUT2D eigenvalue weighted by molar-refractivity contribution is 0.199. The van der Waals surface area contributed by atoms with E-state index in [1.54, 1.807) is 18.9 Å². The molecule has 0 bridgehead atoms. The van der Waals surface area contributed by atoms with Gasteiger partial charge >= 0.3 is 0 Å². The molecule has 21 heavy (non-hydrogen) atoms. The lowest BCUT2D eigenvalue weighted by Gasteiger charge is -2.09. The SMILES string of the molecule is COCCNCc1cnc(Sc2ccccc2C)c(C)c1. The van der Waals surface area contributed by atoms with Crippen molar-refractivity contribution in [2.75, 3.05) is 20.3 Å². The third-order valence-corrected chi connectivity index (χ3v) is 4.50. The Kier molecular flexibility index (Phi) is 6.23. The molecular weight excluding hydrogens is 280 g/mol. The molecule has 0 aliphatic heterocycles. The highest BCUT2D eigenvalue weighted by molar-refractivity contribution is 7.99. The van der Waals surface area contributed by atoms with Gasteiger partial charge in [-0.15, -0.1) is 0 Å². The minimum absolute atomic E-state index is 0.730. The molecule has 3 nitrogen and oxygen atoms in total. The maximum absolute atomic E-state index is 5.02. The number of nitrogens with zero attached hydrogens (tertiary/aromatic N) is 1. The second-order valence-corrected chi connectivity index (χ2v) is 6.03. The molecular formula is C17H22N2OS. The van der Waals surface area contributed by atoms with Crippen molar-refractivity contribution in [3.63, 3.8) is 0 Å². The van der Waals surface area contributed by atoms with Gasteiger partial charge < -0.3 is 10.1 Å². The van der Waals surface area contributed by atoms with Crippen LogP contribution in [-0.2, 0) is 11.3 Å². The number of hydrogen-bond donors (Lipinski definition) is 1. The Bertz CT molecular complexity index is 587. The van der Waals surface area contributed by atoms with Crippen LogP contribution < -0.4 is 5.32 Å². The number of pyridine rings is 1. The average molecular weight is 302 g/mol. The topological polar surface area (TPSA) is 34.1 Å². The zero-order chi connectivity index (χ0) is 15.1. The maximum Gasteiger partial charge on any atom is 0.104 e. The molecule has 2 aromatic rings. The van der Waals surface area contributed by atoms with Crippen molar-refractivity contribution < 1.29 is 4.74 Å². The summed E-state index contributed by atoms with van der Waals surface area (Å²) in [6.45, 7) is 6.66. The molecule has 0 spiro atoms. The van der Waals surface area contributed by atoms with Crippen LogP contribution in [0.25, 0.3) is 0 Å². The normalized spacial score (nSPS) is 10.8. The van der Waals surface area contributed by atoms with E-state index in [1.165, 1.54) is 21.6 Å². The molecule has 0 saturated carbocycles. The standard InChI is InChI=1S/C17H22N2OS/c1-13-6-4-5-7-16(13)21-17-14(2)10-15(12-19-17)11-18-8-9-20-3/h4-7,10,12,18H,8-9,11H2,1-3H3. The van der Waals surface area contributed by atoms with Gasteiger partial charge in [-0.25, -0.2) is 4.98 Å². The van der Waals surface area contributed by atoms with Gasteiger partial charge in [0.15, 0.2) is 0 Å². The van der Waals surface area contributed by atoms with Gasteiger partial charge in [0.05, 0.1) is 6.61 Å². The number of rotatable bonds is 7. The summed E-state index contributed by atoms with van der Waals surface area (Å²) >= 11 is 1.73. The molecule has 1 N–H and O–H groups in total. The average Bonchev–Trinajstić information content (AvgIpc) is 2.48. The zero-order valence-electron chi connectivity index (χ0n) is 12.8. The van der Waals surface area contributed by atoms with Gasteiger partial charge in [-0.1, -0.05) is 36.0 Å². The molecule has 2 rings (SSSR count). The van der Waals surface area contributed by atoms with Crippen molar-refractivity contribution in [3.8, 4) is 0 Å². The summed E-state index contributed by atoms with van der Waals surface area (Å²) in [7, 11) is 1.71. The number of aromatic nitrogens is 1. The van der Waals surface area contributed by atoms with Gasteiger partial charge in [-0.3, -0.25) is 0 Å². The fourth-order valence-electron chi connectivity index (χ4n) is 2.01. The van der Waals surface area contributed by atoms with E-state index < -0.39 is 0 Å². The van der Waals surface area contributed by atoms with Crippen LogP contribution >= 0.6 is 11.8 Å². The second kappa shape index (κ2) is 8.17. The Hall–Kier alpha value is -1.36. The molecule has 0 saturated heterocycles. The maximum atomic E-state index is 5.02. The molecule has 1 heterocycles. The molecule has 0 atom stereocenters. The van der Waals surface area contributed by atoms with Gasteiger partial charge in [0.25, 0.3) is 0 Å². The van der Waals surface area contributed by atoms with Crippen LogP contribution in [-0.4, -0.2) is 25.2 Å². The summed E-state index contributed by atoms with van der Waals surface area (Å²) in [4.78, 5) is 5.87. The van der Waals surface area contributed by atoms with E-state index in [-0.39, 0.29) is 0 Å². The molecule has 0 fully saturated rings. The van der Waals surface area contributed by atoms with E-state index in [4.69, 9.17) is 4.74 Å². The minimum atomic E-state index is 0.730. The first kappa shape index (κ1) is 16.0. The van der Waals surface area contributed by atoms with Crippen molar-refractivity contribution in [3.05, 3.63) is 53.2 Å². The molecule has 1 aromatic carbocycles. The lowest BCUT2D eigenvalue weighted by atomic mass is 10.2. The summed E-state index contributed by atoms with van der Waals surface area (Å²) in [6, 6.07) is 10.6. The summed E-state index contributed by atoms with van der Waals surface area (Å²) in [6.07, 6.45) is 1.95. The van der Waals surface area contributed by atoms with Gasteiger partial charge in [0, 0.05) is 31.3 Å². The molecule has 0 unspecified atom stereocenters. The Labute approximate surface area is 131 Å². The van der Waals surface area contributed by atoms with E-state index in [2.05, 4.69) is 54.5 Å². The fourth-order valence-corrected chi connectivity index (χ4v) is 2.92. The summed E-state index contributed by atoms with van der Waals surface area (Å²) in [5, 5.41) is 4.41. The number of nitrogens with one attached hydrogen (secondary N) is 1. The summed E-state index contributed by atoms with van der Waals surface area (Å²) in [5.41, 5.74) is 3.71.